The fourth-order valence-electron chi connectivity index (χ4n) is 1.30. The van der Waals surface area contributed by atoms with Crippen LogP contribution in [0.3, 0.4) is 0 Å². The monoisotopic (exact) mass is 320 g/mol. The lowest BCUT2D eigenvalue weighted by Gasteiger charge is -2.13. The second kappa shape index (κ2) is 6.76. The van der Waals surface area contributed by atoms with Crippen molar-refractivity contribution in [3.8, 4) is 0 Å². The molecule has 0 spiro atoms. The third kappa shape index (κ3) is 3.54. The van der Waals surface area contributed by atoms with E-state index < -0.39 is 17.9 Å². The molecule has 0 aliphatic rings. The fraction of sp³-hybridized carbons (Fsp3) is 0.455. The lowest BCUT2D eigenvalue weighted by Crippen LogP contribution is -2.26. The minimum atomic E-state index is -1.00. The second-order valence-corrected chi connectivity index (χ2v) is 4.71. The van der Waals surface area contributed by atoms with Gasteiger partial charge in [-0.15, -0.1) is 0 Å². The Morgan fingerprint density at radius 3 is 2.12 bits per heavy atom. The van der Waals surface area contributed by atoms with Crippen molar-refractivity contribution in [1.29, 1.82) is 0 Å². The van der Waals surface area contributed by atoms with Gasteiger partial charge in [-0.05, 0) is 35.2 Å². The Kier molecular flexibility index (Phi) is 5.64. The summed E-state index contributed by atoms with van der Waals surface area (Å²) in [6.45, 7) is 3.86. The van der Waals surface area contributed by atoms with E-state index >= 15 is 0 Å². The SMILES string of the molecule is CCOC(=O)C(C(=O)OCC)c1cscc1Br. The molecule has 0 saturated carbocycles. The highest BCUT2D eigenvalue weighted by Gasteiger charge is 2.33. The molecule has 6 heteroatoms. The molecular weight excluding hydrogens is 308 g/mol. The van der Waals surface area contributed by atoms with Crippen molar-refractivity contribution in [3.05, 3.63) is 20.8 Å². The van der Waals surface area contributed by atoms with E-state index in [1.165, 1.54) is 11.3 Å². The summed E-state index contributed by atoms with van der Waals surface area (Å²) in [5.41, 5.74) is 0.590. The van der Waals surface area contributed by atoms with E-state index in [0.29, 0.717) is 10.0 Å². The van der Waals surface area contributed by atoms with Crippen LogP contribution < -0.4 is 0 Å². The summed E-state index contributed by atoms with van der Waals surface area (Å²) in [5, 5.41) is 3.55. The van der Waals surface area contributed by atoms with Crippen molar-refractivity contribution < 1.29 is 19.1 Å². The molecule has 0 radical (unpaired) electrons. The van der Waals surface area contributed by atoms with E-state index in [1.54, 1.807) is 24.6 Å². The van der Waals surface area contributed by atoms with Gasteiger partial charge < -0.3 is 9.47 Å². The van der Waals surface area contributed by atoms with Crippen molar-refractivity contribution in [1.82, 2.24) is 0 Å². The predicted octanol–water partition coefficient (Wildman–Crippen LogP) is 2.72. The zero-order valence-corrected chi connectivity index (χ0v) is 12.0. The van der Waals surface area contributed by atoms with Gasteiger partial charge in [0.15, 0.2) is 5.92 Å². The molecule has 1 aromatic rings. The summed E-state index contributed by atoms with van der Waals surface area (Å²) >= 11 is 4.70. The maximum atomic E-state index is 11.8. The summed E-state index contributed by atoms with van der Waals surface area (Å²) in [5.74, 6) is -2.16. The lowest BCUT2D eigenvalue weighted by atomic mass is 10.0. The zero-order valence-electron chi connectivity index (χ0n) is 9.57. The van der Waals surface area contributed by atoms with Crippen molar-refractivity contribution in [2.45, 2.75) is 19.8 Å². The van der Waals surface area contributed by atoms with Gasteiger partial charge >= 0.3 is 11.9 Å². The van der Waals surface area contributed by atoms with Gasteiger partial charge in [-0.2, -0.15) is 11.3 Å². The van der Waals surface area contributed by atoms with E-state index in [4.69, 9.17) is 9.47 Å². The van der Waals surface area contributed by atoms with Crippen LogP contribution in [0.4, 0.5) is 0 Å². The Balaban J connectivity index is 2.98. The van der Waals surface area contributed by atoms with Crippen molar-refractivity contribution in [2.75, 3.05) is 13.2 Å². The first-order valence-electron chi connectivity index (χ1n) is 5.16. The maximum Gasteiger partial charge on any atom is 0.324 e. The third-order valence-corrected chi connectivity index (χ3v) is 3.75. The third-order valence-electron chi connectivity index (χ3n) is 2.00. The van der Waals surface area contributed by atoms with Crippen molar-refractivity contribution >= 4 is 39.2 Å². The Bertz CT molecular complexity index is 384. The molecule has 0 aliphatic heterocycles. The second-order valence-electron chi connectivity index (χ2n) is 3.11. The van der Waals surface area contributed by atoms with Crippen LogP contribution in [-0.2, 0) is 19.1 Å². The smallest absolute Gasteiger partial charge is 0.324 e. The lowest BCUT2D eigenvalue weighted by molar-refractivity contribution is -0.156. The predicted molar refractivity (Wildman–Crippen MR) is 68.0 cm³/mol. The summed E-state index contributed by atoms with van der Waals surface area (Å²) in [7, 11) is 0. The topological polar surface area (TPSA) is 52.6 Å². The van der Waals surface area contributed by atoms with Gasteiger partial charge in [-0.1, -0.05) is 0 Å². The first-order chi connectivity index (χ1) is 8.11. The van der Waals surface area contributed by atoms with Crippen LogP contribution in [0.2, 0.25) is 0 Å². The maximum absolute atomic E-state index is 11.8. The number of hydrogen-bond acceptors (Lipinski definition) is 5. The van der Waals surface area contributed by atoms with Crippen LogP contribution in [0.1, 0.15) is 25.3 Å². The first kappa shape index (κ1) is 14.2. The van der Waals surface area contributed by atoms with Gasteiger partial charge in [0.1, 0.15) is 0 Å². The van der Waals surface area contributed by atoms with E-state index in [2.05, 4.69) is 15.9 Å². The van der Waals surface area contributed by atoms with Crippen LogP contribution in [0, 0.1) is 0 Å². The molecule has 17 heavy (non-hydrogen) atoms. The number of hydrogen-bond donors (Lipinski definition) is 0. The summed E-state index contributed by atoms with van der Waals surface area (Å²) in [4.78, 5) is 23.5. The Morgan fingerprint density at radius 2 is 1.76 bits per heavy atom. The first-order valence-corrected chi connectivity index (χ1v) is 6.90. The van der Waals surface area contributed by atoms with E-state index in [9.17, 15) is 9.59 Å². The number of carbonyl (C=O) groups is 2. The highest BCUT2D eigenvalue weighted by molar-refractivity contribution is 9.10. The molecule has 4 nitrogen and oxygen atoms in total. The number of esters is 2. The highest BCUT2D eigenvalue weighted by Crippen LogP contribution is 2.30. The molecule has 0 amide bonds. The number of rotatable bonds is 5. The number of carbonyl (C=O) groups excluding carboxylic acids is 2. The van der Waals surface area contributed by atoms with Gasteiger partial charge in [-0.3, -0.25) is 9.59 Å². The summed E-state index contributed by atoms with van der Waals surface area (Å²) in [6.07, 6.45) is 0. The average molecular weight is 321 g/mol. The van der Waals surface area contributed by atoms with Gasteiger partial charge in [0.05, 0.1) is 13.2 Å². The largest absolute Gasteiger partial charge is 0.465 e. The van der Waals surface area contributed by atoms with Crippen LogP contribution in [0.5, 0.6) is 0 Å². The molecule has 1 rings (SSSR count). The summed E-state index contributed by atoms with van der Waals surface area (Å²) in [6, 6.07) is 0. The molecule has 0 saturated heterocycles. The van der Waals surface area contributed by atoms with Crippen molar-refractivity contribution in [3.63, 3.8) is 0 Å². The molecule has 0 atom stereocenters. The molecule has 1 heterocycles. The molecule has 0 N–H and O–H groups in total. The molecule has 0 fully saturated rings. The van der Waals surface area contributed by atoms with Gasteiger partial charge in [0.2, 0.25) is 0 Å². The fourth-order valence-corrected chi connectivity index (χ4v) is 2.85. The van der Waals surface area contributed by atoms with Gasteiger partial charge in [0, 0.05) is 15.4 Å². The van der Waals surface area contributed by atoms with E-state index in [0.717, 1.165) is 0 Å². The Morgan fingerprint density at radius 1 is 1.24 bits per heavy atom. The molecule has 0 unspecified atom stereocenters. The average Bonchev–Trinajstić information content (AvgIpc) is 2.66. The normalized spacial score (nSPS) is 10.4. The van der Waals surface area contributed by atoms with Crippen LogP contribution in [0.25, 0.3) is 0 Å². The van der Waals surface area contributed by atoms with Crippen molar-refractivity contribution in [2.24, 2.45) is 0 Å². The Labute approximate surface area is 112 Å². The van der Waals surface area contributed by atoms with Crippen LogP contribution in [0.15, 0.2) is 15.2 Å². The van der Waals surface area contributed by atoms with E-state index in [1.807, 2.05) is 0 Å². The van der Waals surface area contributed by atoms with Crippen LogP contribution >= 0.6 is 27.3 Å². The highest BCUT2D eigenvalue weighted by atomic mass is 79.9. The molecule has 0 bridgehead atoms. The zero-order chi connectivity index (χ0) is 12.8. The number of halogens is 1. The number of ether oxygens (including phenoxy) is 2. The molecular formula is C11H13BrO4S. The Hall–Kier alpha value is -0.880. The molecule has 94 valence electrons. The molecule has 0 aromatic carbocycles. The summed E-state index contributed by atoms with van der Waals surface area (Å²) < 4.78 is 10.5. The minimum absolute atomic E-state index is 0.233. The van der Waals surface area contributed by atoms with Gasteiger partial charge in [-0.25, -0.2) is 0 Å². The molecule has 1 aromatic heterocycles. The standard InChI is InChI=1S/C11H13BrO4S/c1-3-15-10(13)9(11(14)16-4-2)7-5-17-6-8(7)12/h5-6,9H,3-4H2,1-2H3. The minimum Gasteiger partial charge on any atom is -0.465 e. The number of thiophene rings is 1. The van der Waals surface area contributed by atoms with Crippen LogP contribution in [-0.4, -0.2) is 25.2 Å². The molecule has 0 aliphatic carbocycles. The quantitative estimate of drug-likeness (QED) is 0.618. The van der Waals surface area contributed by atoms with E-state index in [-0.39, 0.29) is 13.2 Å². The van der Waals surface area contributed by atoms with Gasteiger partial charge in [0.25, 0.3) is 0 Å².